The van der Waals surface area contributed by atoms with Crippen LogP contribution in [0.5, 0.6) is 5.75 Å². The molecular formula is C30H34F4N6O3. The first-order valence-corrected chi connectivity index (χ1v) is 14.0. The van der Waals surface area contributed by atoms with Gasteiger partial charge in [-0.05, 0) is 50.7 Å². The van der Waals surface area contributed by atoms with Crippen molar-refractivity contribution in [1.29, 1.82) is 0 Å². The summed E-state index contributed by atoms with van der Waals surface area (Å²) in [5, 5.41) is 5.84. The molecule has 2 N–H and O–H groups in total. The molecule has 0 unspecified atom stereocenters. The zero-order chi connectivity index (χ0) is 31.1. The fourth-order valence-electron chi connectivity index (χ4n) is 5.05. The molecule has 0 spiro atoms. The van der Waals surface area contributed by atoms with Gasteiger partial charge in [-0.3, -0.25) is 14.6 Å². The molecule has 0 saturated carbocycles. The van der Waals surface area contributed by atoms with E-state index in [1.54, 1.807) is 31.6 Å². The third kappa shape index (κ3) is 7.22. The number of anilines is 1. The monoisotopic (exact) mass is 602 g/mol. The predicted molar refractivity (Wildman–Crippen MR) is 154 cm³/mol. The molecule has 1 aliphatic heterocycles. The molecule has 3 aromatic rings. The van der Waals surface area contributed by atoms with Crippen LogP contribution in [0.15, 0.2) is 48.8 Å². The number of alkyl halides is 3. The van der Waals surface area contributed by atoms with Gasteiger partial charge in [0.25, 0.3) is 11.8 Å². The van der Waals surface area contributed by atoms with E-state index >= 15 is 0 Å². The van der Waals surface area contributed by atoms with Crippen LogP contribution < -0.4 is 20.3 Å². The number of ether oxygens (including phenoxy) is 1. The Morgan fingerprint density at radius 2 is 1.91 bits per heavy atom. The zero-order valence-corrected chi connectivity index (χ0v) is 24.2. The van der Waals surface area contributed by atoms with Gasteiger partial charge in [-0.1, -0.05) is 6.92 Å². The lowest BCUT2D eigenvalue weighted by molar-refractivity contribution is -0.138. The number of likely N-dealkylation sites (N-methyl/N-ethyl adjacent to an activating group) is 1. The van der Waals surface area contributed by atoms with Crippen molar-refractivity contribution < 1.29 is 31.9 Å². The molecule has 2 amide bonds. The topological polar surface area (TPSA) is 99.7 Å². The van der Waals surface area contributed by atoms with Crippen LogP contribution in [0.2, 0.25) is 0 Å². The molecule has 1 saturated heterocycles. The molecule has 3 heterocycles. The van der Waals surface area contributed by atoms with Crippen molar-refractivity contribution in [2.45, 2.75) is 32.5 Å². The second kappa shape index (κ2) is 13.8. The van der Waals surface area contributed by atoms with Crippen LogP contribution in [0.4, 0.5) is 23.2 Å². The maximum atomic E-state index is 13.7. The summed E-state index contributed by atoms with van der Waals surface area (Å²) in [4.78, 5) is 39.0. The molecule has 2 aromatic heterocycles. The first kappa shape index (κ1) is 31.7. The number of aromatic nitrogens is 2. The molecule has 43 heavy (non-hydrogen) atoms. The van der Waals surface area contributed by atoms with Gasteiger partial charge in [-0.25, -0.2) is 9.37 Å². The molecule has 4 rings (SSSR count). The highest BCUT2D eigenvalue weighted by Crippen LogP contribution is 2.37. The van der Waals surface area contributed by atoms with Gasteiger partial charge in [-0.2, -0.15) is 13.2 Å². The minimum atomic E-state index is -4.90. The number of nitrogens with zero attached hydrogens (tertiary/aromatic N) is 4. The van der Waals surface area contributed by atoms with Gasteiger partial charge in [0.1, 0.15) is 17.3 Å². The number of halogens is 4. The highest BCUT2D eigenvalue weighted by molar-refractivity contribution is 5.99. The molecule has 1 atom stereocenters. The standard InChI is InChI=1S/C30H34F4N6O3/c1-4-21-18-39(29(42)22-9-8-20(31)15-23(22)30(32,33)34)13-14-40(21)24-16-25(43-5-2)26(19-7-6-10-36-17-19)38-27(24)28(41)37-12-11-35-3/h6-10,15-17,21,35H,4-5,11-14,18H2,1-3H3,(H,37,41)/t21-/m1/s1. The fraction of sp³-hybridized carbons (Fsp3) is 0.400. The van der Waals surface area contributed by atoms with Gasteiger partial charge in [0.2, 0.25) is 0 Å². The number of piperazine rings is 1. The SMILES string of the molecule is CCOc1cc(N2CCN(C(=O)c3ccc(F)cc3C(F)(F)F)C[C@H]2CC)c(C(=O)NCCNC)nc1-c1cccnc1. The maximum Gasteiger partial charge on any atom is 0.417 e. The average molecular weight is 603 g/mol. The minimum absolute atomic E-state index is 0.0686. The van der Waals surface area contributed by atoms with E-state index in [0.29, 0.717) is 54.9 Å². The van der Waals surface area contributed by atoms with Crippen molar-refractivity contribution in [3.8, 4) is 17.0 Å². The van der Waals surface area contributed by atoms with E-state index in [9.17, 15) is 27.2 Å². The van der Waals surface area contributed by atoms with E-state index in [-0.39, 0.29) is 31.4 Å². The van der Waals surface area contributed by atoms with Crippen LogP contribution >= 0.6 is 0 Å². The van der Waals surface area contributed by atoms with Crippen LogP contribution in [-0.2, 0) is 6.18 Å². The molecule has 0 radical (unpaired) electrons. The van der Waals surface area contributed by atoms with E-state index in [2.05, 4.69) is 15.6 Å². The Bertz CT molecular complexity index is 1440. The van der Waals surface area contributed by atoms with Crippen molar-refractivity contribution in [2.75, 3.05) is 51.3 Å². The predicted octanol–water partition coefficient (Wildman–Crippen LogP) is 4.39. The molecule has 1 aliphatic rings. The number of rotatable bonds is 10. The van der Waals surface area contributed by atoms with Crippen molar-refractivity contribution in [3.05, 3.63) is 71.4 Å². The summed E-state index contributed by atoms with van der Waals surface area (Å²) >= 11 is 0. The molecule has 1 aromatic carbocycles. The molecule has 0 bridgehead atoms. The van der Waals surface area contributed by atoms with Gasteiger partial charge in [0, 0.05) is 62.8 Å². The number of carbonyl (C=O) groups is 2. The van der Waals surface area contributed by atoms with Crippen molar-refractivity contribution in [3.63, 3.8) is 0 Å². The van der Waals surface area contributed by atoms with Crippen LogP contribution in [0.3, 0.4) is 0 Å². The first-order valence-electron chi connectivity index (χ1n) is 14.0. The fourth-order valence-corrected chi connectivity index (χ4v) is 5.05. The number of benzene rings is 1. The number of pyridine rings is 2. The van der Waals surface area contributed by atoms with Crippen LogP contribution in [0.25, 0.3) is 11.3 Å². The summed E-state index contributed by atoms with van der Waals surface area (Å²) < 4.78 is 60.6. The summed E-state index contributed by atoms with van der Waals surface area (Å²) in [6, 6.07) is 7.00. The number of hydrogen-bond acceptors (Lipinski definition) is 7. The molecule has 230 valence electrons. The summed E-state index contributed by atoms with van der Waals surface area (Å²) in [6.45, 7) is 5.30. The number of hydrogen-bond donors (Lipinski definition) is 2. The first-order chi connectivity index (χ1) is 20.6. The second-order valence-corrected chi connectivity index (χ2v) is 9.93. The molecular weight excluding hydrogens is 568 g/mol. The Labute approximate surface area is 247 Å². The van der Waals surface area contributed by atoms with Crippen molar-refractivity contribution in [2.24, 2.45) is 0 Å². The summed E-state index contributed by atoms with van der Waals surface area (Å²) in [5.74, 6) is -1.89. The third-order valence-electron chi connectivity index (χ3n) is 7.15. The largest absolute Gasteiger partial charge is 0.492 e. The van der Waals surface area contributed by atoms with E-state index in [4.69, 9.17) is 9.72 Å². The Morgan fingerprint density at radius 3 is 2.56 bits per heavy atom. The third-order valence-corrected chi connectivity index (χ3v) is 7.15. The molecule has 1 fully saturated rings. The quantitative estimate of drug-likeness (QED) is 0.262. The van der Waals surface area contributed by atoms with Gasteiger partial charge >= 0.3 is 6.18 Å². The van der Waals surface area contributed by atoms with Crippen LogP contribution in [-0.4, -0.2) is 79.1 Å². The maximum absolute atomic E-state index is 13.7. The number of carbonyl (C=O) groups excluding carboxylic acids is 2. The van der Waals surface area contributed by atoms with Gasteiger partial charge in [-0.15, -0.1) is 0 Å². The molecule has 9 nitrogen and oxygen atoms in total. The number of nitrogens with one attached hydrogen (secondary N) is 2. The van der Waals surface area contributed by atoms with Crippen LogP contribution in [0, 0.1) is 5.82 Å². The van der Waals surface area contributed by atoms with E-state index in [1.165, 1.54) is 4.90 Å². The van der Waals surface area contributed by atoms with Crippen molar-refractivity contribution >= 4 is 17.5 Å². The van der Waals surface area contributed by atoms with Crippen LogP contribution in [0.1, 0.15) is 46.7 Å². The lowest BCUT2D eigenvalue weighted by Gasteiger charge is -2.43. The number of amides is 2. The van der Waals surface area contributed by atoms with Crippen molar-refractivity contribution in [1.82, 2.24) is 25.5 Å². The van der Waals surface area contributed by atoms with E-state index in [0.717, 1.165) is 12.1 Å². The summed E-state index contributed by atoms with van der Waals surface area (Å²) in [7, 11) is 1.77. The molecule has 0 aliphatic carbocycles. The lowest BCUT2D eigenvalue weighted by Crippen LogP contribution is -2.55. The smallest absolute Gasteiger partial charge is 0.417 e. The van der Waals surface area contributed by atoms with E-state index < -0.39 is 34.9 Å². The van der Waals surface area contributed by atoms with Gasteiger partial charge in [0.15, 0.2) is 5.69 Å². The molecule has 13 heteroatoms. The summed E-state index contributed by atoms with van der Waals surface area (Å²) in [5.41, 5.74) is -0.198. The Kier molecular flexibility index (Phi) is 10.2. The highest BCUT2D eigenvalue weighted by atomic mass is 19.4. The van der Waals surface area contributed by atoms with Gasteiger partial charge in [0.05, 0.1) is 23.4 Å². The highest BCUT2D eigenvalue weighted by Gasteiger charge is 2.39. The normalized spacial score (nSPS) is 15.4. The average Bonchev–Trinajstić information content (AvgIpc) is 3.00. The van der Waals surface area contributed by atoms with E-state index in [1.807, 2.05) is 24.8 Å². The van der Waals surface area contributed by atoms with Gasteiger partial charge < -0.3 is 25.2 Å². The lowest BCUT2D eigenvalue weighted by atomic mass is 10.0. The summed E-state index contributed by atoms with van der Waals surface area (Å²) in [6.07, 6.45) is -1.14. The second-order valence-electron chi connectivity index (χ2n) is 9.93. The Morgan fingerprint density at radius 1 is 1.12 bits per heavy atom. The Balaban J connectivity index is 1.72. The zero-order valence-electron chi connectivity index (χ0n) is 24.2. The Hall–Kier alpha value is -4.26. The minimum Gasteiger partial charge on any atom is -0.492 e.